The first-order valence-corrected chi connectivity index (χ1v) is 13.2. The lowest BCUT2D eigenvalue weighted by atomic mass is 9.94. The molecule has 0 aliphatic heterocycles. The van der Waals surface area contributed by atoms with Crippen LogP contribution in [0.3, 0.4) is 0 Å². The monoisotopic (exact) mass is 558 g/mol. The first-order valence-electron chi connectivity index (χ1n) is 11.7. The lowest BCUT2D eigenvalue weighted by molar-refractivity contribution is -0.295. The first-order chi connectivity index (χ1) is 17.5. The average Bonchev–Trinajstić information content (AvgIpc) is 3.60. The molecule has 7 nitrogen and oxygen atoms in total. The molecule has 1 amide bonds. The second-order valence-corrected chi connectivity index (χ2v) is 11.3. The Kier molecular flexibility index (Phi) is 8.21. The summed E-state index contributed by atoms with van der Waals surface area (Å²) in [5, 5.41) is 19.0. The Morgan fingerprint density at radius 1 is 1.03 bits per heavy atom. The summed E-state index contributed by atoms with van der Waals surface area (Å²) < 4.78 is 93.0. The molecule has 13 heteroatoms. The minimum absolute atomic E-state index is 0.0493. The Labute approximate surface area is 217 Å². The van der Waals surface area contributed by atoms with E-state index in [1.165, 1.54) is 36.4 Å². The van der Waals surface area contributed by atoms with Crippen LogP contribution in [0.25, 0.3) is 11.1 Å². The number of halogens is 5. The molecule has 0 spiro atoms. The molecular formula is C25H27F5N4O3S. The van der Waals surface area contributed by atoms with Crippen LogP contribution in [0.5, 0.6) is 0 Å². The summed E-state index contributed by atoms with van der Waals surface area (Å²) in [6, 6.07) is 8.02. The molecule has 2 aromatic carbocycles. The van der Waals surface area contributed by atoms with E-state index in [-0.39, 0.29) is 17.2 Å². The van der Waals surface area contributed by atoms with Gasteiger partial charge in [0, 0.05) is 0 Å². The van der Waals surface area contributed by atoms with Gasteiger partial charge in [-0.3, -0.25) is 10.1 Å². The highest BCUT2D eigenvalue weighted by Crippen LogP contribution is 2.45. The Morgan fingerprint density at radius 2 is 1.53 bits per heavy atom. The van der Waals surface area contributed by atoms with Crippen molar-refractivity contribution in [3.63, 3.8) is 0 Å². The van der Waals surface area contributed by atoms with Gasteiger partial charge in [0.25, 0.3) is 0 Å². The van der Waals surface area contributed by atoms with Crippen LogP contribution in [0, 0.1) is 17.2 Å². The minimum atomic E-state index is -5.92. The Morgan fingerprint density at radius 3 is 1.92 bits per heavy atom. The highest BCUT2D eigenvalue weighted by Gasteiger charge is 2.63. The molecule has 0 heterocycles. The molecule has 1 aliphatic carbocycles. The number of rotatable bonds is 10. The van der Waals surface area contributed by atoms with Crippen LogP contribution in [-0.4, -0.2) is 38.0 Å². The van der Waals surface area contributed by atoms with Gasteiger partial charge in [-0.1, -0.05) is 50.2 Å². The number of nitrogens with one attached hydrogen (secondary N) is 2. The maximum Gasteiger partial charge on any atom is 0.455 e. The van der Waals surface area contributed by atoms with Crippen molar-refractivity contribution < 1.29 is 35.2 Å². The molecule has 2 atom stereocenters. The van der Waals surface area contributed by atoms with Crippen LogP contribution in [0.4, 0.5) is 22.0 Å². The molecule has 1 saturated carbocycles. The number of hydrogen-bond donors (Lipinski definition) is 3. The number of sulfonamides is 1. The third-order valence-corrected chi connectivity index (χ3v) is 7.15. The Balaban J connectivity index is 1.95. The molecule has 206 valence electrons. The third-order valence-electron chi connectivity index (χ3n) is 6.22. The van der Waals surface area contributed by atoms with Crippen LogP contribution < -0.4 is 15.8 Å². The van der Waals surface area contributed by atoms with E-state index in [2.05, 4.69) is 10.6 Å². The van der Waals surface area contributed by atoms with E-state index in [1.54, 1.807) is 13.8 Å². The summed E-state index contributed by atoms with van der Waals surface area (Å²) in [5.74, 6) is -6.31. The smallest absolute Gasteiger partial charge is 0.336 e. The molecule has 0 aromatic heterocycles. The number of benzene rings is 2. The van der Waals surface area contributed by atoms with Gasteiger partial charge in [-0.15, -0.1) is 0 Å². The Bertz CT molecular complexity index is 1300. The topological polar surface area (TPSA) is 125 Å². The van der Waals surface area contributed by atoms with Crippen molar-refractivity contribution in [2.45, 2.75) is 67.7 Å². The van der Waals surface area contributed by atoms with Crippen LogP contribution >= 0.6 is 0 Å². The number of hydrogen-bond acceptors (Lipinski definition) is 5. The highest BCUT2D eigenvalue weighted by atomic mass is 32.2. The normalized spacial score (nSPS) is 16.9. The Hall–Kier alpha value is -3.08. The molecule has 0 bridgehead atoms. The average molecular weight is 559 g/mol. The number of amides is 1. The van der Waals surface area contributed by atoms with Gasteiger partial charge in [-0.25, -0.2) is 13.6 Å². The fraction of sp³-hybridized carbons (Fsp3) is 0.440. The van der Waals surface area contributed by atoms with Gasteiger partial charge < -0.3 is 5.32 Å². The van der Waals surface area contributed by atoms with Crippen molar-refractivity contribution in [1.82, 2.24) is 10.6 Å². The van der Waals surface area contributed by atoms with Gasteiger partial charge >= 0.3 is 12.1 Å². The fourth-order valence-electron chi connectivity index (χ4n) is 3.92. The molecular weight excluding hydrogens is 531 g/mol. The molecule has 0 saturated heterocycles. The van der Waals surface area contributed by atoms with Gasteiger partial charge in [0.1, 0.15) is 11.6 Å². The number of nitrogens with two attached hydrogens (primary N) is 1. The van der Waals surface area contributed by atoms with Crippen molar-refractivity contribution in [2.24, 2.45) is 11.1 Å². The van der Waals surface area contributed by atoms with E-state index in [0.29, 0.717) is 24.0 Å². The number of carbonyl (C=O) groups excluding carboxylic acids is 1. The largest absolute Gasteiger partial charge is 0.455 e. The first kappa shape index (κ1) is 29.5. The van der Waals surface area contributed by atoms with E-state index in [1.807, 2.05) is 6.07 Å². The van der Waals surface area contributed by atoms with E-state index in [0.717, 1.165) is 12.1 Å². The van der Waals surface area contributed by atoms with Gasteiger partial charge in [0.15, 0.2) is 0 Å². The van der Waals surface area contributed by atoms with E-state index in [9.17, 15) is 40.4 Å². The van der Waals surface area contributed by atoms with Gasteiger partial charge in [0.2, 0.25) is 15.9 Å². The molecule has 2 aromatic rings. The van der Waals surface area contributed by atoms with Gasteiger partial charge in [0.05, 0.1) is 17.0 Å². The second-order valence-electron chi connectivity index (χ2n) is 9.78. The summed E-state index contributed by atoms with van der Waals surface area (Å²) in [6.45, 7) is 3.37. The van der Waals surface area contributed by atoms with E-state index in [4.69, 9.17) is 5.14 Å². The van der Waals surface area contributed by atoms with Crippen molar-refractivity contribution in [3.8, 4) is 17.2 Å². The maximum atomic E-state index is 14.8. The van der Waals surface area contributed by atoms with E-state index >= 15 is 0 Å². The molecule has 0 radical (unpaired) electrons. The van der Waals surface area contributed by atoms with Crippen molar-refractivity contribution >= 4 is 15.9 Å². The van der Waals surface area contributed by atoms with Crippen molar-refractivity contribution in [1.29, 1.82) is 5.26 Å². The zero-order valence-electron chi connectivity index (χ0n) is 20.5. The molecule has 1 fully saturated rings. The summed E-state index contributed by atoms with van der Waals surface area (Å²) in [6.07, 6.45) is -5.24. The maximum absolute atomic E-state index is 14.8. The lowest BCUT2D eigenvalue weighted by Gasteiger charge is -2.33. The number of nitrogens with zero attached hydrogens (tertiary/aromatic N) is 1. The predicted octanol–water partition coefficient (Wildman–Crippen LogP) is 4.42. The zero-order chi connectivity index (χ0) is 28.5. The molecule has 4 N–H and O–H groups in total. The van der Waals surface area contributed by atoms with Gasteiger partial charge in [-0.05, 0) is 54.0 Å². The van der Waals surface area contributed by atoms with Gasteiger partial charge in [-0.2, -0.15) is 27.2 Å². The molecule has 1 aliphatic rings. The van der Waals surface area contributed by atoms with Crippen molar-refractivity contribution in [2.75, 3.05) is 0 Å². The van der Waals surface area contributed by atoms with Crippen LogP contribution in [-0.2, 0) is 14.8 Å². The SMILES string of the molecule is CC(C)C[C@H](N[C@@H](c1ccc(-c2ccc(S(N)(=O)=O)cc2)cc1)C(F)(F)C(F)(F)F)C(=O)NC1(C#N)CC1. The van der Waals surface area contributed by atoms with Crippen molar-refractivity contribution in [3.05, 3.63) is 54.1 Å². The summed E-state index contributed by atoms with van der Waals surface area (Å²) in [7, 11) is -3.94. The van der Waals surface area contributed by atoms with E-state index < -0.39 is 51.2 Å². The second kappa shape index (κ2) is 10.6. The lowest BCUT2D eigenvalue weighted by Crippen LogP contribution is -2.55. The molecule has 3 rings (SSSR count). The number of nitriles is 1. The standard InChI is InChI=1S/C25H27F5N4O3S/c1-15(2)13-20(22(35)34-23(14-31)11-12-23)33-21(24(26,27)25(28,29)30)18-5-3-16(4-6-18)17-7-9-19(10-8-17)38(32,36)37/h3-10,15,20-21,33H,11-13H2,1-2H3,(H,34,35)(H2,32,36,37)/t20-,21-/m0/s1. The summed E-state index contributed by atoms with van der Waals surface area (Å²) >= 11 is 0. The zero-order valence-corrected chi connectivity index (χ0v) is 21.3. The predicted molar refractivity (Wildman–Crippen MR) is 129 cm³/mol. The van der Waals surface area contributed by atoms with Crippen LogP contribution in [0.2, 0.25) is 0 Å². The fourth-order valence-corrected chi connectivity index (χ4v) is 4.43. The molecule has 0 unspecified atom stereocenters. The molecule has 38 heavy (non-hydrogen) atoms. The number of carbonyl (C=O) groups is 1. The van der Waals surface area contributed by atoms with Crippen LogP contribution in [0.15, 0.2) is 53.4 Å². The number of primary sulfonamides is 1. The summed E-state index contributed by atoms with van der Waals surface area (Å²) in [4.78, 5) is 12.7. The quantitative estimate of drug-likeness (QED) is 0.373. The minimum Gasteiger partial charge on any atom is -0.336 e. The number of alkyl halides is 5. The highest BCUT2D eigenvalue weighted by molar-refractivity contribution is 7.89. The summed E-state index contributed by atoms with van der Waals surface area (Å²) in [5.41, 5.74) is -0.652. The third kappa shape index (κ3) is 6.67. The van der Waals surface area contributed by atoms with Crippen LogP contribution in [0.1, 0.15) is 44.7 Å².